The predicted molar refractivity (Wildman–Crippen MR) is 106 cm³/mol. The molecule has 3 rings (SSSR count). The summed E-state index contributed by atoms with van der Waals surface area (Å²) in [5, 5.41) is 11.1. The highest BCUT2D eigenvalue weighted by molar-refractivity contribution is 9.10. The minimum atomic E-state index is -1.17. The number of ketones is 1. The second-order valence-electron chi connectivity index (χ2n) is 5.85. The summed E-state index contributed by atoms with van der Waals surface area (Å²) in [4.78, 5) is 36.1. The van der Waals surface area contributed by atoms with Crippen LogP contribution in [0, 0.1) is 10.1 Å². The third kappa shape index (κ3) is 4.32. The lowest BCUT2D eigenvalue weighted by atomic mass is 10.00. The van der Waals surface area contributed by atoms with Crippen molar-refractivity contribution in [3.63, 3.8) is 0 Å². The first-order valence-corrected chi connectivity index (χ1v) is 9.06. The fourth-order valence-corrected chi connectivity index (χ4v) is 3.00. The molecule has 6 nitrogen and oxygen atoms in total. The first kappa shape index (κ1) is 19.4. The van der Waals surface area contributed by atoms with Crippen molar-refractivity contribution in [2.45, 2.75) is 6.10 Å². The summed E-state index contributed by atoms with van der Waals surface area (Å²) in [6.07, 6.45) is -1.17. The maximum Gasteiger partial charge on any atom is 0.339 e. The lowest BCUT2D eigenvalue weighted by Crippen LogP contribution is -2.20. The Balaban J connectivity index is 1.94. The summed E-state index contributed by atoms with van der Waals surface area (Å²) in [6, 6.07) is 21.0. The Morgan fingerprint density at radius 3 is 2.11 bits per heavy atom. The average Bonchev–Trinajstić information content (AvgIpc) is 2.72. The van der Waals surface area contributed by atoms with Crippen LogP contribution in [0.4, 0.5) is 5.69 Å². The van der Waals surface area contributed by atoms with E-state index in [2.05, 4.69) is 15.9 Å². The van der Waals surface area contributed by atoms with Crippen molar-refractivity contribution >= 4 is 33.4 Å². The molecule has 0 aromatic heterocycles. The van der Waals surface area contributed by atoms with Gasteiger partial charge in [0.25, 0.3) is 5.69 Å². The van der Waals surface area contributed by atoms with Gasteiger partial charge >= 0.3 is 5.97 Å². The number of nitro benzene ring substituents is 1. The molecule has 0 aliphatic carbocycles. The first-order valence-electron chi connectivity index (χ1n) is 8.26. The second kappa shape index (κ2) is 8.58. The molecular weight excluding hydrogens is 426 g/mol. The van der Waals surface area contributed by atoms with Crippen LogP contribution >= 0.6 is 15.9 Å². The Morgan fingerprint density at radius 1 is 0.893 bits per heavy atom. The number of hydrogen-bond acceptors (Lipinski definition) is 5. The minimum Gasteiger partial charge on any atom is -0.445 e. The molecule has 7 heteroatoms. The molecule has 1 atom stereocenters. The molecule has 0 saturated heterocycles. The summed E-state index contributed by atoms with van der Waals surface area (Å²) in [5.74, 6) is -1.21. The quantitative estimate of drug-likeness (QED) is 0.229. The molecule has 3 aromatic rings. The van der Waals surface area contributed by atoms with Crippen LogP contribution in [0.1, 0.15) is 32.4 Å². The number of rotatable bonds is 6. The van der Waals surface area contributed by atoms with Gasteiger partial charge in [-0.1, -0.05) is 60.7 Å². The maximum absolute atomic E-state index is 12.9. The normalized spacial score (nSPS) is 11.5. The number of esters is 1. The molecule has 1 unspecified atom stereocenters. The van der Waals surface area contributed by atoms with Crippen molar-refractivity contribution < 1.29 is 19.2 Å². The molecular formula is C21H14BrNO5. The van der Waals surface area contributed by atoms with E-state index in [9.17, 15) is 19.7 Å². The first-order chi connectivity index (χ1) is 13.5. The van der Waals surface area contributed by atoms with Crippen LogP contribution < -0.4 is 0 Å². The molecule has 0 bridgehead atoms. The third-order valence-electron chi connectivity index (χ3n) is 4.00. The molecule has 0 heterocycles. The largest absolute Gasteiger partial charge is 0.445 e. The van der Waals surface area contributed by atoms with Gasteiger partial charge in [0.1, 0.15) is 0 Å². The highest BCUT2D eigenvalue weighted by Gasteiger charge is 2.27. The number of hydrogen-bond donors (Lipinski definition) is 0. The van der Waals surface area contributed by atoms with E-state index in [1.54, 1.807) is 60.7 Å². The van der Waals surface area contributed by atoms with Crippen LogP contribution in [0.25, 0.3) is 0 Å². The predicted octanol–water partition coefficient (Wildman–Crippen LogP) is 5.14. The van der Waals surface area contributed by atoms with Gasteiger partial charge < -0.3 is 4.74 Å². The minimum absolute atomic E-state index is 0.0170. The van der Waals surface area contributed by atoms with Gasteiger partial charge in [-0.05, 0) is 28.1 Å². The molecule has 0 amide bonds. The number of carbonyl (C=O) groups excluding carboxylic acids is 2. The van der Waals surface area contributed by atoms with Gasteiger partial charge in [0, 0.05) is 17.2 Å². The lowest BCUT2D eigenvalue weighted by molar-refractivity contribution is -0.385. The van der Waals surface area contributed by atoms with E-state index in [-0.39, 0.29) is 21.5 Å². The van der Waals surface area contributed by atoms with Crippen molar-refractivity contribution in [1.29, 1.82) is 0 Å². The monoisotopic (exact) mass is 439 g/mol. The molecule has 0 fully saturated rings. The molecule has 3 aromatic carbocycles. The topological polar surface area (TPSA) is 86.5 Å². The van der Waals surface area contributed by atoms with Crippen LogP contribution in [-0.4, -0.2) is 16.7 Å². The van der Waals surface area contributed by atoms with Crippen LogP contribution in [0.15, 0.2) is 83.3 Å². The number of halogens is 1. The van der Waals surface area contributed by atoms with Crippen LogP contribution in [0.2, 0.25) is 0 Å². The summed E-state index contributed by atoms with van der Waals surface area (Å²) < 4.78 is 5.73. The molecule has 140 valence electrons. The summed E-state index contributed by atoms with van der Waals surface area (Å²) in [6.45, 7) is 0. The SMILES string of the molecule is O=C(OC(C(=O)c1ccccc1)c1ccccc1)c1ccc(Br)c([N+](=O)[O-])c1. The Morgan fingerprint density at radius 2 is 1.50 bits per heavy atom. The van der Waals surface area contributed by atoms with E-state index in [0.717, 1.165) is 6.07 Å². The highest BCUT2D eigenvalue weighted by atomic mass is 79.9. The number of Topliss-reactive ketones (excluding diaryl/α,β-unsaturated/α-hetero) is 1. The molecule has 0 N–H and O–H groups in total. The van der Waals surface area contributed by atoms with Gasteiger partial charge in [-0.3, -0.25) is 14.9 Å². The molecule has 0 aliphatic heterocycles. The zero-order valence-electron chi connectivity index (χ0n) is 14.4. The standard InChI is InChI=1S/C21H14BrNO5/c22-17-12-11-16(13-18(17)23(26)27)21(25)28-20(15-9-5-2-6-10-15)19(24)14-7-3-1-4-8-14/h1-13,20H. The fourth-order valence-electron chi connectivity index (χ4n) is 2.61. The Kier molecular flexibility index (Phi) is 5.96. The lowest BCUT2D eigenvalue weighted by Gasteiger charge is -2.17. The van der Waals surface area contributed by atoms with Crippen molar-refractivity contribution in [1.82, 2.24) is 0 Å². The molecule has 28 heavy (non-hydrogen) atoms. The zero-order valence-corrected chi connectivity index (χ0v) is 16.0. The highest BCUT2D eigenvalue weighted by Crippen LogP contribution is 2.28. The Hall–Kier alpha value is -3.32. The van der Waals surface area contributed by atoms with Gasteiger partial charge in [-0.15, -0.1) is 0 Å². The molecule has 0 aliphatic rings. The van der Waals surface area contributed by atoms with Crippen molar-refractivity contribution in [2.24, 2.45) is 0 Å². The number of benzene rings is 3. The number of carbonyl (C=O) groups is 2. The molecule has 0 saturated carbocycles. The molecule has 0 radical (unpaired) electrons. The number of nitro groups is 1. The van der Waals surface area contributed by atoms with Gasteiger partial charge in [-0.2, -0.15) is 0 Å². The van der Waals surface area contributed by atoms with E-state index in [4.69, 9.17) is 4.74 Å². The Labute approximate surface area is 169 Å². The van der Waals surface area contributed by atoms with E-state index in [1.807, 2.05) is 0 Å². The molecule has 0 spiro atoms. The van der Waals surface area contributed by atoms with Crippen molar-refractivity contribution in [3.05, 3.63) is 110 Å². The van der Waals surface area contributed by atoms with Crippen LogP contribution in [0.5, 0.6) is 0 Å². The second-order valence-corrected chi connectivity index (χ2v) is 6.70. The Bertz CT molecular complexity index is 1020. The smallest absolute Gasteiger partial charge is 0.339 e. The van der Waals surface area contributed by atoms with Crippen molar-refractivity contribution in [3.8, 4) is 0 Å². The van der Waals surface area contributed by atoms with E-state index < -0.39 is 17.0 Å². The fraction of sp³-hybridized carbons (Fsp3) is 0.0476. The summed E-state index contributed by atoms with van der Waals surface area (Å²) in [7, 11) is 0. The summed E-state index contributed by atoms with van der Waals surface area (Å²) >= 11 is 3.07. The maximum atomic E-state index is 12.9. The number of nitrogens with zero attached hydrogens (tertiary/aromatic N) is 1. The van der Waals surface area contributed by atoms with Gasteiger partial charge in [0.15, 0.2) is 6.10 Å². The van der Waals surface area contributed by atoms with Gasteiger partial charge in [0.2, 0.25) is 5.78 Å². The van der Waals surface area contributed by atoms with Gasteiger partial charge in [-0.25, -0.2) is 4.79 Å². The van der Waals surface area contributed by atoms with Crippen molar-refractivity contribution in [2.75, 3.05) is 0 Å². The number of ether oxygens (including phenoxy) is 1. The van der Waals surface area contributed by atoms with Crippen LogP contribution in [-0.2, 0) is 4.74 Å². The van der Waals surface area contributed by atoms with Crippen LogP contribution in [0.3, 0.4) is 0 Å². The summed E-state index contributed by atoms with van der Waals surface area (Å²) in [5.41, 5.74) is 0.624. The van der Waals surface area contributed by atoms with E-state index >= 15 is 0 Å². The van der Waals surface area contributed by atoms with E-state index in [1.165, 1.54) is 12.1 Å². The van der Waals surface area contributed by atoms with E-state index in [0.29, 0.717) is 11.1 Å². The third-order valence-corrected chi connectivity index (χ3v) is 4.67. The average molecular weight is 440 g/mol. The zero-order chi connectivity index (χ0) is 20.1. The van der Waals surface area contributed by atoms with Gasteiger partial charge in [0.05, 0.1) is 15.0 Å².